The number of esters is 1. The molecule has 6 nitrogen and oxygen atoms in total. The summed E-state index contributed by atoms with van der Waals surface area (Å²) in [7, 11) is 4.71. The quantitative estimate of drug-likeness (QED) is 0.465. The van der Waals surface area contributed by atoms with Gasteiger partial charge in [0.25, 0.3) is 0 Å². The van der Waals surface area contributed by atoms with Gasteiger partial charge in [-0.2, -0.15) is 0 Å². The fraction of sp³-hybridized carbons (Fsp3) is 0.400. The minimum atomic E-state index is -0.361. The van der Waals surface area contributed by atoms with Crippen molar-refractivity contribution in [1.82, 2.24) is 4.90 Å². The zero-order valence-corrected chi connectivity index (χ0v) is 18.5. The second kappa shape index (κ2) is 11.0. The second-order valence-corrected chi connectivity index (χ2v) is 7.56. The lowest BCUT2D eigenvalue weighted by atomic mass is 10.0. The molecule has 166 valence electrons. The lowest BCUT2D eigenvalue weighted by Gasteiger charge is -2.29. The number of hydrogen-bond donors (Lipinski definition) is 1. The molecule has 2 aromatic rings. The van der Waals surface area contributed by atoms with Crippen LogP contribution in [0, 0.1) is 0 Å². The minimum Gasteiger partial charge on any atom is -0.497 e. The first-order valence-corrected chi connectivity index (χ1v) is 10.5. The number of hydrogen-bond acceptors (Lipinski definition) is 6. The average Bonchev–Trinajstić information content (AvgIpc) is 3.23. The Morgan fingerprint density at radius 1 is 1.13 bits per heavy atom. The van der Waals surface area contributed by atoms with Crippen LogP contribution in [-0.2, 0) is 22.4 Å². The van der Waals surface area contributed by atoms with E-state index in [0.29, 0.717) is 6.54 Å². The number of benzene rings is 2. The minimum absolute atomic E-state index is 0.112. The number of methoxy groups -OCH3 is 3. The van der Waals surface area contributed by atoms with Crippen LogP contribution in [0.1, 0.15) is 34.7 Å². The van der Waals surface area contributed by atoms with Crippen LogP contribution in [0.3, 0.4) is 0 Å². The van der Waals surface area contributed by atoms with Crippen molar-refractivity contribution < 1.29 is 24.1 Å². The topological polar surface area (TPSA) is 68.2 Å². The van der Waals surface area contributed by atoms with Crippen LogP contribution >= 0.6 is 0 Å². The van der Waals surface area contributed by atoms with Crippen molar-refractivity contribution in [2.45, 2.75) is 25.3 Å². The van der Waals surface area contributed by atoms with Crippen LogP contribution in [0.15, 0.2) is 42.5 Å². The van der Waals surface area contributed by atoms with Gasteiger partial charge in [0, 0.05) is 25.2 Å². The standard InChI is InChI=1S/C25H31NO5/c1-29-21-7-10-24(30-2)20(17-21)12-13-26(14-15-27)23-9-6-19-16-18(4-8-22(19)23)5-11-25(28)31-3/h4-5,7-8,10-11,16-17,23,27H,6,9,12-15H2,1-3H3/b11-5+. The summed E-state index contributed by atoms with van der Waals surface area (Å²) < 4.78 is 15.5. The molecule has 0 saturated carbocycles. The molecule has 0 spiro atoms. The van der Waals surface area contributed by atoms with Crippen LogP contribution in [0.2, 0.25) is 0 Å². The smallest absolute Gasteiger partial charge is 0.330 e. The van der Waals surface area contributed by atoms with E-state index in [-0.39, 0.29) is 18.6 Å². The monoisotopic (exact) mass is 425 g/mol. The zero-order chi connectivity index (χ0) is 22.2. The Bertz CT molecular complexity index is 924. The molecular weight excluding hydrogens is 394 g/mol. The van der Waals surface area contributed by atoms with Gasteiger partial charge in [-0.3, -0.25) is 4.90 Å². The molecule has 3 rings (SSSR count). The first-order chi connectivity index (χ1) is 15.1. The van der Waals surface area contributed by atoms with Crippen LogP contribution < -0.4 is 9.47 Å². The van der Waals surface area contributed by atoms with Gasteiger partial charge < -0.3 is 19.3 Å². The van der Waals surface area contributed by atoms with E-state index in [9.17, 15) is 9.90 Å². The number of carbonyl (C=O) groups excluding carboxylic acids is 1. The molecule has 1 atom stereocenters. The van der Waals surface area contributed by atoms with E-state index in [0.717, 1.165) is 48.4 Å². The highest BCUT2D eigenvalue weighted by Gasteiger charge is 2.27. The van der Waals surface area contributed by atoms with E-state index in [4.69, 9.17) is 9.47 Å². The van der Waals surface area contributed by atoms with Gasteiger partial charge in [0.15, 0.2) is 0 Å². The second-order valence-electron chi connectivity index (χ2n) is 7.56. The third-order valence-corrected chi connectivity index (χ3v) is 5.81. The van der Waals surface area contributed by atoms with Crippen LogP contribution in [-0.4, -0.2) is 57.0 Å². The van der Waals surface area contributed by atoms with Gasteiger partial charge in [-0.15, -0.1) is 0 Å². The first kappa shape index (κ1) is 22.8. The molecule has 0 amide bonds. The number of fused-ring (bicyclic) bond motifs is 1. The van der Waals surface area contributed by atoms with Gasteiger partial charge in [-0.1, -0.05) is 18.2 Å². The molecule has 0 bridgehead atoms. The molecule has 0 aromatic heterocycles. The molecule has 0 heterocycles. The highest BCUT2D eigenvalue weighted by Crippen LogP contribution is 2.37. The predicted molar refractivity (Wildman–Crippen MR) is 120 cm³/mol. The number of rotatable bonds is 10. The van der Waals surface area contributed by atoms with E-state index in [1.807, 2.05) is 24.3 Å². The number of aliphatic hydroxyl groups excluding tert-OH is 1. The Kier molecular flexibility index (Phi) is 8.09. The summed E-state index contributed by atoms with van der Waals surface area (Å²) in [6, 6.07) is 12.4. The van der Waals surface area contributed by atoms with Gasteiger partial charge in [0.1, 0.15) is 11.5 Å². The van der Waals surface area contributed by atoms with Gasteiger partial charge in [0.2, 0.25) is 0 Å². The van der Waals surface area contributed by atoms with Crippen LogP contribution in [0.4, 0.5) is 0 Å². The summed E-state index contributed by atoms with van der Waals surface area (Å²) >= 11 is 0. The highest BCUT2D eigenvalue weighted by atomic mass is 16.5. The highest BCUT2D eigenvalue weighted by molar-refractivity contribution is 5.86. The van der Waals surface area contributed by atoms with Crippen molar-refractivity contribution in [2.24, 2.45) is 0 Å². The number of ether oxygens (including phenoxy) is 3. The van der Waals surface area contributed by atoms with Crippen molar-refractivity contribution in [3.05, 3.63) is 64.7 Å². The normalized spacial score (nSPS) is 15.3. The molecule has 31 heavy (non-hydrogen) atoms. The molecule has 0 saturated heterocycles. The maximum absolute atomic E-state index is 11.4. The SMILES string of the molecule is COC(=O)/C=C/c1ccc2c(c1)CCC2N(CCO)CCc1cc(OC)ccc1OC. The van der Waals surface area contributed by atoms with E-state index in [1.54, 1.807) is 20.3 Å². The maximum atomic E-state index is 11.4. The summed E-state index contributed by atoms with van der Waals surface area (Å²) in [5.41, 5.74) is 4.66. The summed E-state index contributed by atoms with van der Waals surface area (Å²) in [5.74, 6) is 1.29. The molecular formula is C25H31NO5. The zero-order valence-electron chi connectivity index (χ0n) is 18.5. The molecule has 0 fully saturated rings. The Morgan fingerprint density at radius 2 is 1.97 bits per heavy atom. The van der Waals surface area contributed by atoms with Gasteiger partial charge >= 0.3 is 5.97 Å². The van der Waals surface area contributed by atoms with Crippen molar-refractivity contribution >= 4 is 12.0 Å². The number of nitrogens with zero attached hydrogens (tertiary/aromatic N) is 1. The summed E-state index contributed by atoms with van der Waals surface area (Å²) in [6.45, 7) is 1.53. The van der Waals surface area contributed by atoms with E-state index >= 15 is 0 Å². The third kappa shape index (κ3) is 5.66. The Morgan fingerprint density at radius 3 is 2.68 bits per heavy atom. The van der Waals surface area contributed by atoms with Crippen molar-refractivity contribution in [2.75, 3.05) is 41.0 Å². The molecule has 1 aliphatic rings. The molecule has 0 radical (unpaired) electrons. The fourth-order valence-electron chi connectivity index (χ4n) is 4.22. The summed E-state index contributed by atoms with van der Waals surface area (Å²) in [5, 5.41) is 9.68. The molecule has 2 aromatic carbocycles. The fourth-order valence-corrected chi connectivity index (χ4v) is 4.22. The lowest BCUT2D eigenvalue weighted by Crippen LogP contribution is -2.32. The average molecular weight is 426 g/mol. The van der Waals surface area contributed by atoms with Gasteiger partial charge in [-0.25, -0.2) is 4.79 Å². The maximum Gasteiger partial charge on any atom is 0.330 e. The molecule has 0 aliphatic heterocycles. The van der Waals surface area contributed by atoms with Gasteiger partial charge in [0.05, 0.1) is 27.9 Å². The molecule has 1 unspecified atom stereocenters. The molecule has 6 heteroatoms. The Hall–Kier alpha value is -2.83. The van der Waals surface area contributed by atoms with Crippen LogP contribution in [0.25, 0.3) is 6.08 Å². The van der Waals surface area contributed by atoms with Crippen molar-refractivity contribution in [3.63, 3.8) is 0 Å². The molecule has 1 N–H and O–H groups in total. The Balaban J connectivity index is 1.75. The van der Waals surface area contributed by atoms with E-state index < -0.39 is 0 Å². The third-order valence-electron chi connectivity index (χ3n) is 5.81. The summed E-state index contributed by atoms with van der Waals surface area (Å²) in [4.78, 5) is 13.7. The predicted octanol–water partition coefficient (Wildman–Crippen LogP) is 3.41. The van der Waals surface area contributed by atoms with Crippen LogP contribution in [0.5, 0.6) is 11.5 Å². The van der Waals surface area contributed by atoms with E-state index in [1.165, 1.54) is 24.3 Å². The van der Waals surface area contributed by atoms with Gasteiger partial charge in [-0.05, 0) is 65.8 Å². The van der Waals surface area contributed by atoms with Crippen molar-refractivity contribution in [3.8, 4) is 11.5 Å². The Labute approximate surface area is 184 Å². The summed E-state index contributed by atoms with van der Waals surface area (Å²) in [6.07, 6.45) is 6.00. The molecule has 1 aliphatic carbocycles. The number of aryl methyl sites for hydroxylation is 1. The first-order valence-electron chi connectivity index (χ1n) is 10.5. The number of aliphatic hydroxyl groups is 1. The van der Waals surface area contributed by atoms with Crippen molar-refractivity contribution in [1.29, 1.82) is 0 Å². The number of carbonyl (C=O) groups is 1. The van der Waals surface area contributed by atoms with E-state index in [2.05, 4.69) is 21.8 Å². The lowest BCUT2D eigenvalue weighted by molar-refractivity contribution is -0.134. The largest absolute Gasteiger partial charge is 0.497 e.